The van der Waals surface area contributed by atoms with Crippen molar-refractivity contribution in [3.8, 4) is 0 Å². The van der Waals surface area contributed by atoms with E-state index in [1.807, 2.05) is 37.9 Å². The van der Waals surface area contributed by atoms with E-state index in [0.29, 0.717) is 6.42 Å². The van der Waals surface area contributed by atoms with Crippen LogP contribution >= 0.6 is 0 Å². The van der Waals surface area contributed by atoms with Crippen molar-refractivity contribution in [2.75, 3.05) is 37.0 Å². The number of amides is 1. The van der Waals surface area contributed by atoms with E-state index >= 15 is 0 Å². The van der Waals surface area contributed by atoms with Crippen LogP contribution in [0.3, 0.4) is 0 Å². The minimum Gasteiger partial charge on any atom is -0.365 e. The Kier molecular flexibility index (Phi) is 4.80. The summed E-state index contributed by atoms with van der Waals surface area (Å²) in [6.45, 7) is 4.29. The molecule has 6 heteroatoms. The molecule has 1 unspecified atom stereocenters. The monoisotopic (exact) mass is 324 g/mol. The van der Waals surface area contributed by atoms with Gasteiger partial charge in [0.15, 0.2) is 9.84 Å². The molecule has 1 heterocycles. The average molecular weight is 324 g/mol. The Morgan fingerprint density at radius 2 is 1.95 bits per heavy atom. The smallest absolute Gasteiger partial charge is 0.242 e. The van der Waals surface area contributed by atoms with E-state index in [0.717, 1.165) is 16.8 Å². The van der Waals surface area contributed by atoms with Crippen LogP contribution in [0.2, 0.25) is 0 Å². The fourth-order valence-electron chi connectivity index (χ4n) is 2.81. The van der Waals surface area contributed by atoms with Gasteiger partial charge in [0.2, 0.25) is 5.91 Å². The van der Waals surface area contributed by atoms with Crippen LogP contribution < -0.4 is 4.90 Å². The Hall–Kier alpha value is -1.56. The van der Waals surface area contributed by atoms with Crippen LogP contribution in [0, 0.1) is 13.8 Å². The summed E-state index contributed by atoms with van der Waals surface area (Å²) in [6.07, 6.45) is 0.539. The minimum absolute atomic E-state index is 0.0505. The molecule has 1 atom stereocenters. The van der Waals surface area contributed by atoms with Gasteiger partial charge in [0, 0.05) is 25.8 Å². The van der Waals surface area contributed by atoms with Gasteiger partial charge in [0.25, 0.3) is 0 Å². The molecule has 1 amide bonds. The van der Waals surface area contributed by atoms with Crippen molar-refractivity contribution >= 4 is 21.4 Å². The highest BCUT2D eigenvalue weighted by Gasteiger charge is 2.32. The Morgan fingerprint density at radius 1 is 1.27 bits per heavy atom. The highest BCUT2D eigenvalue weighted by Crippen LogP contribution is 2.21. The molecule has 122 valence electrons. The minimum atomic E-state index is -2.97. The molecule has 1 aromatic carbocycles. The first-order chi connectivity index (χ1) is 10.2. The number of carbonyl (C=O) groups excluding carboxylic acids is 1. The third kappa shape index (κ3) is 3.80. The van der Waals surface area contributed by atoms with Crippen LogP contribution in [0.1, 0.15) is 17.5 Å². The predicted octanol–water partition coefficient (Wildman–Crippen LogP) is 1.39. The Labute approximate surface area is 132 Å². The van der Waals surface area contributed by atoms with Gasteiger partial charge in [-0.2, -0.15) is 0 Å². The number of sulfone groups is 1. The summed E-state index contributed by atoms with van der Waals surface area (Å²) in [7, 11) is 0.613. The Morgan fingerprint density at radius 3 is 2.55 bits per heavy atom. The van der Waals surface area contributed by atoms with Gasteiger partial charge in [-0.3, -0.25) is 4.79 Å². The van der Waals surface area contributed by atoms with E-state index in [1.165, 1.54) is 0 Å². The number of hydrogen-bond donors (Lipinski definition) is 0. The number of likely N-dealkylation sites (N-methyl/N-ethyl adjacent to an activating group) is 2. The van der Waals surface area contributed by atoms with Crippen molar-refractivity contribution in [1.29, 1.82) is 0 Å². The van der Waals surface area contributed by atoms with Gasteiger partial charge in [-0.25, -0.2) is 8.42 Å². The number of nitrogens with zero attached hydrogens (tertiary/aromatic N) is 2. The Balaban J connectivity index is 2.03. The van der Waals surface area contributed by atoms with Crippen molar-refractivity contribution < 1.29 is 13.2 Å². The van der Waals surface area contributed by atoms with E-state index in [1.54, 1.807) is 11.9 Å². The molecule has 22 heavy (non-hydrogen) atoms. The SMILES string of the molecule is Cc1ccc(C)c(N(C)CC(=O)N(C)C2CCS(=O)(=O)C2)c1. The van der Waals surface area contributed by atoms with Gasteiger partial charge < -0.3 is 9.80 Å². The number of aryl methyl sites for hydroxylation is 2. The molecule has 0 N–H and O–H groups in total. The van der Waals surface area contributed by atoms with Gasteiger partial charge >= 0.3 is 0 Å². The molecule has 0 saturated carbocycles. The van der Waals surface area contributed by atoms with Crippen molar-refractivity contribution in [2.24, 2.45) is 0 Å². The van der Waals surface area contributed by atoms with Gasteiger partial charge in [-0.05, 0) is 37.5 Å². The zero-order valence-electron chi connectivity index (χ0n) is 13.7. The maximum atomic E-state index is 12.4. The molecular weight excluding hydrogens is 300 g/mol. The normalized spacial score (nSPS) is 19.9. The lowest BCUT2D eigenvalue weighted by Crippen LogP contribution is -2.43. The molecule has 1 aliphatic rings. The van der Waals surface area contributed by atoms with Crippen LogP contribution in [-0.2, 0) is 14.6 Å². The van der Waals surface area contributed by atoms with Crippen molar-refractivity contribution in [2.45, 2.75) is 26.3 Å². The van der Waals surface area contributed by atoms with E-state index in [2.05, 4.69) is 6.07 Å². The summed E-state index contributed by atoms with van der Waals surface area (Å²) in [5.74, 6) is 0.218. The summed E-state index contributed by atoms with van der Waals surface area (Å²) in [5, 5.41) is 0. The number of rotatable bonds is 4. The summed E-state index contributed by atoms with van der Waals surface area (Å²) < 4.78 is 23.1. The zero-order chi connectivity index (χ0) is 16.5. The molecule has 1 aliphatic heterocycles. The van der Waals surface area contributed by atoms with Gasteiger partial charge in [0.05, 0.1) is 18.1 Å². The number of anilines is 1. The topological polar surface area (TPSA) is 57.7 Å². The quantitative estimate of drug-likeness (QED) is 0.840. The van der Waals surface area contributed by atoms with E-state index in [-0.39, 0.29) is 30.0 Å². The maximum absolute atomic E-state index is 12.4. The summed E-state index contributed by atoms with van der Waals surface area (Å²) in [6, 6.07) is 5.95. The molecule has 0 spiro atoms. The first-order valence-corrected chi connectivity index (χ1v) is 9.26. The molecular formula is C16H24N2O3S. The first kappa shape index (κ1) is 16.8. The van der Waals surface area contributed by atoms with Gasteiger partial charge in [0.1, 0.15) is 0 Å². The zero-order valence-corrected chi connectivity index (χ0v) is 14.5. The summed E-state index contributed by atoms with van der Waals surface area (Å²) >= 11 is 0. The molecule has 0 radical (unpaired) electrons. The summed E-state index contributed by atoms with van der Waals surface area (Å²) in [5.41, 5.74) is 3.29. The van der Waals surface area contributed by atoms with E-state index in [4.69, 9.17) is 0 Å². The average Bonchev–Trinajstić information content (AvgIpc) is 2.80. The second-order valence-electron chi connectivity index (χ2n) is 6.21. The molecule has 0 aliphatic carbocycles. The largest absolute Gasteiger partial charge is 0.365 e. The predicted molar refractivity (Wildman–Crippen MR) is 89.0 cm³/mol. The standard InChI is InChI=1S/C16H24N2O3S/c1-12-5-6-13(2)15(9-12)17(3)10-16(19)18(4)14-7-8-22(20,21)11-14/h5-6,9,14H,7-8,10-11H2,1-4H3. The third-order valence-corrected chi connectivity index (χ3v) is 6.05. The molecule has 2 rings (SSSR count). The van der Waals surface area contributed by atoms with Crippen LogP contribution in [0.25, 0.3) is 0 Å². The van der Waals surface area contributed by atoms with Gasteiger partial charge in [-0.15, -0.1) is 0 Å². The van der Waals surface area contributed by atoms with Crippen LogP contribution in [-0.4, -0.2) is 57.4 Å². The van der Waals surface area contributed by atoms with Crippen LogP contribution in [0.15, 0.2) is 18.2 Å². The highest BCUT2D eigenvalue weighted by atomic mass is 32.2. The number of carbonyl (C=O) groups is 1. The van der Waals surface area contributed by atoms with Gasteiger partial charge in [-0.1, -0.05) is 12.1 Å². The van der Waals surface area contributed by atoms with E-state index in [9.17, 15) is 13.2 Å². The molecule has 0 bridgehead atoms. The van der Waals surface area contributed by atoms with Crippen molar-refractivity contribution in [3.63, 3.8) is 0 Å². The fraction of sp³-hybridized carbons (Fsp3) is 0.562. The fourth-order valence-corrected chi connectivity index (χ4v) is 4.59. The number of benzene rings is 1. The molecule has 1 aromatic rings. The van der Waals surface area contributed by atoms with Crippen LogP contribution in [0.4, 0.5) is 5.69 Å². The van der Waals surface area contributed by atoms with Crippen LogP contribution in [0.5, 0.6) is 0 Å². The van der Waals surface area contributed by atoms with Crippen molar-refractivity contribution in [3.05, 3.63) is 29.3 Å². The molecule has 0 aromatic heterocycles. The summed E-state index contributed by atoms with van der Waals surface area (Å²) in [4.78, 5) is 15.9. The molecule has 5 nitrogen and oxygen atoms in total. The molecule has 1 fully saturated rings. The third-order valence-electron chi connectivity index (χ3n) is 4.30. The maximum Gasteiger partial charge on any atom is 0.242 e. The van der Waals surface area contributed by atoms with E-state index < -0.39 is 9.84 Å². The number of hydrogen-bond acceptors (Lipinski definition) is 4. The second kappa shape index (κ2) is 6.28. The lowest BCUT2D eigenvalue weighted by atomic mass is 10.1. The lowest BCUT2D eigenvalue weighted by molar-refractivity contribution is -0.130. The first-order valence-electron chi connectivity index (χ1n) is 7.44. The lowest BCUT2D eigenvalue weighted by Gasteiger charge is -2.28. The molecule has 1 saturated heterocycles. The van der Waals surface area contributed by atoms with Crippen molar-refractivity contribution in [1.82, 2.24) is 4.90 Å². The highest BCUT2D eigenvalue weighted by molar-refractivity contribution is 7.91. The Bertz CT molecular complexity index is 670. The second-order valence-corrected chi connectivity index (χ2v) is 8.44.